The molecule has 15 nitrogen and oxygen atoms in total. The van der Waals surface area contributed by atoms with Crippen molar-refractivity contribution < 1.29 is 33.4 Å². The standard InChI is InChI=1S/C36H38N8O7/c1-49-35(47)39-19-29(45)43-15-3-5-25(43)33-37-17-23(41-33)11-9-21-7-8-22(32-28-14-13-27(51-28)31(21)32)10-12-24-18-38-34(42-24)26-6-4-16-44(26)30(46)20-40-36(48)50-2/h7-8,17-18,25-28H,3-6,13-16,19-20H2,1-2H3,(H,37,41)(H,38,42)(H,39,47)(H,40,48). The monoisotopic (exact) mass is 694 g/mol. The fraction of sp³-hybridized carbons (Fsp3) is 0.444. The molecule has 0 radical (unpaired) electrons. The quantitative estimate of drug-likeness (QED) is 0.282. The van der Waals surface area contributed by atoms with Crippen LogP contribution in [0.3, 0.4) is 0 Å². The summed E-state index contributed by atoms with van der Waals surface area (Å²) in [5.41, 5.74) is 5.17. The number of methoxy groups -OCH3 is 2. The number of H-pyrrole nitrogens is 2. The molecule has 7 rings (SSSR count). The highest BCUT2D eigenvalue weighted by Crippen LogP contribution is 2.52. The smallest absolute Gasteiger partial charge is 0.407 e. The third kappa shape index (κ3) is 6.98. The molecule has 15 heteroatoms. The normalized spacial score (nSPS) is 21.3. The van der Waals surface area contributed by atoms with E-state index >= 15 is 0 Å². The van der Waals surface area contributed by atoms with Gasteiger partial charge in [-0.25, -0.2) is 19.6 Å². The fourth-order valence-corrected chi connectivity index (χ4v) is 7.36. The summed E-state index contributed by atoms with van der Waals surface area (Å²) in [6, 6.07) is 3.51. The molecule has 3 fully saturated rings. The second-order valence-electron chi connectivity index (χ2n) is 12.7. The molecule has 6 heterocycles. The summed E-state index contributed by atoms with van der Waals surface area (Å²) >= 11 is 0. The Labute approximate surface area is 294 Å². The van der Waals surface area contributed by atoms with Gasteiger partial charge < -0.3 is 44.6 Å². The van der Waals surface area contributed by atoms with Crippen LogP contribution in [0.1, 0.15) is 108 Å². The van der Waals surface area contributed by atoms with E-state index < -0.39 is 12.2 Å². The van der Waals surface area contributed by atoms with Crippen LogP contribution in [0.5, 0.6) is 0 Å². The van der Waals surface area contributed by atoms with Crippen molar-refractivity contribution in [3.63, 3.8) is 0 Å². The molecule has 4 amide bonds. The molecule has 4 atom stereocenters. The number of amides is 4. The summed E-state index contributed by atoms with van der Waals surface area (Å²) in [6.45, 7) is 0.875. The minimum absolute atomic E-state index is 0.0386. The summed E-state index contributed by atoms with van der Waals surface area (Å²) in [7, 11) is 2.51. The van der Waals surface area contributed by atoms with E-state index in [0.29, 0.717) is 36.1 Å². The highest BCUT2D eigenvalue weighted by atomic mass is 16.5. The zero-order valence-electron chi connectivity index (χ0n) is 28.3. The Hall–Kier alpha value is -5.80. The predicted molar refractivity (Wildman–Crippen MR) is 180 cm³/mol. The zero-order chi connectivity index (χ0) is 35.5. The second-order valence-corrected chi connectivity index (χ2v) is 12.7. The Morgan fingerprint density at radius 1 is 0.745 bits per heavy atom. The molecule has 4 unspecified atom stereocenters. The third-order valence-corrected chi connectivity index (χ3v) is 9.72. The molecule has 0 saturated carbocycles. The topological polar surface area (TPSA) is 184 Å². The van der Waals surface area contributed by atoms with Gasteiger partial charge in [0, 0.05) is 35.3 Å². The molecule has 51 heavy (non-hydrogen) atoms. The Kier molecular flexibility index (Phi) is 9.63. The Bertz CT molecular complexity index is 1840. The number of alkyl carbamates (subject to hydrolysis) is 2. The number of aromatic amines is 2. The molecular weight excluding hydrogens is 656 g/mol. The van der Waals surface area contributed by atoms with Crippen LogP contribution in [0.2, 0.25) is 0 Å². The molecule has 4 N–H and O–H groups in total. The number of nitrogens with one attached hydrogen (secondary N) is 4. The van der Waals surface area contributed by atoms with Gasteiger partial charge >= 0.3 is 12.2 Å². The number of imidazole rings is 2. The van der Waals surface area contributed by atoms with Crippen molar-refractivity contribution in [3.05, 3.63) is 69.8 Å². The zero-order valence-corrected chi connectivity index (χ0v) is 28.3. The number of carbonyl (C=O) groups excluding carboxylic acids is 4. The van der Waals surface area contributed by atoms with Crippen LogP contribution in [0.15, 0.2) is 24.5 Å². The van der Waals surface area contributed by atoms with E-state index in [1.165, 1.54) is 14.2 Å². The van der Waals surface area contributed by atoms with Gasteiger partial charge in [0.1, 0.15) is 36.1 Å². The van der Waals surface area contributed by atoms with E-state index in [2.05, 4.69) is 63.7 Å². The molecule has 0 spiro atoms. The first kappa shape index (κ1) is 33.7. The average molecular weight is 695 g/mol. The molecule has 3 aromatic rings. The first-order chi connectivity index (χ1) is 24.8. The number of hydrogen-bond donors (Lipinski definition) is 4. The second kappa shape index (κ2) is 14.6. The molecule has 1 aromatic carbocycles. The Morgan fingerprint density at radius 3 is 1.63 bits per heavy atom. The van der Waals surface area contributed by atoms with Crippen molar-refractivity contribution >= 4 is 24.0 Å². The minimum Gasteiger partial charge on any atom is -0.453 e. The Balaban J connectivity index is 1.06. The third-order valence-electron chi connectivity index (χ3n) is 9.72. The van der Waals surface area contributed by atoms with Crippen LogP contribution in [-0.4, -0.2) is 94.1 Å². The summed E-state index contributed by atoms with van der Waals surface area (Å²) in [6.07, 6.45) is 7.00. The lowest BCUT2D eigenvalue weighted by atomic mass is 9.85. The maximum Gasteiger partial charge on any atom is 0.407 e. The van der Waals surface area contributed by atoms with Crippen molar-refractivity contribution in [1.29, 1.82) is 0 Å². The van der Waals surface area contributed by atoms with Crippen LogP contribution in [0, 0.1) is 23.7 Å². The molecule has 2 aromatic heterocycles. The maximum atomic E-state index is 12.8. The summed E-state index contributed by atoms with van der Waals surface area (Å²) < 4.78 is 15.4. The van der Waals surface area contributed by atoms with Crippen LogP contribution < -0.4 is 10.6 Å². The van der Waals surface area contributed by atoms with Crippen LogP contribution in [0.4, 0.5) is 9.59 Å². The number of rotatable bonds is 6. The van der Waals surface area contributed by atoms with Gasteiger partial charge in [0.2, 0.25) is 11.8 Å². The summed E-state index contributed by atoms with van der Waals surface area (Å²) in [5.74, 6) is 14.0. The molecule has 4 aliphatic heterocycles. The minimum atomic E-state index is -0.650. The van der Waals surface area contributed by atoms with Crippen molar-refractivity contribution in [1.82, 2.24) is 40.4 Å². The molecule has 264 valence electrons. The molecule has 4 aliphatic rings. The lowest BCUT2D eigenvalue weighted by Crippen LogP contribution is -2.40. The molecule has 3 saturated heterocycles. The van der Waals surface area contributed by atoms with E-state index in [4.69, 9.17) is 4.74 Å². The Morgan fingerprint density at radius 2 is 1.20 bits per heavy atom. The van der Waals surface area contributed by atoms with E-state index in [1.54, 1.807) is 22.2 Å². The van der Waals surface area contributed by atoms with E-state index in [9.17, 15) is 19.2 Å². The first-order valence-electron chi connectivity index (χ1n) is 17.0. The first-order valence-corrected chi connectivity index (χ1v) is 17.0. The number of fused-ring (bicyclic) bond motifs is 5. The number of hydrogen-bond acceptors (Lipinski definition) is 9. The van der Waals surface area contributed by atoms with Crippen molar-refractivity contribution in [2.75, 3.05) is 40.4 Å². The lowest BCUT2D eigenvalue weighted by molar-refractivity contribution is -0.132. The van der Waals surface area contributed by atoms with Crippen molar-refractivity contribution in [2.45, 2.75) is 62.8 Å². The van der Waals surface area contributed by atoms with E-state index in [1.807, 2.05) is 12.1 Å². The van der Waals surface area contributed by atoms with Crippen LogP contribution in [-0.2, 0) is 23.8 Å². The van der Waals surface area contributed by atoms with Gasteiger partial charge in [0.15, 0.2) is 0 Å². The number of aromatic nitrogens is 4. The van der Waals surface area contributed by atoms with Crippen molar-refractivity contribution in [2.24, 2.45) is 0 Å². The van der Waals surface area contributed by atoms with Crippen molar-refractivity contribution in [3.8, 4) is 23.7 Å². The average Bonchev–Trinajstić information content (AvgIpc) is 4.00. The van der Waals surface area contributed by atoms with E-state index in [0.717, 1.165) is 60.8 Å². The SMILES string of the molecule is COC(=O)NCC(=O)N1CCCC1c1ncc(C#Cc2ccc(C#Cc3cnc(C4CCCN4C(=O)CNC(=O)OC)[nH]3)c3c2C2CCC3O2)[nH]1. The predicted octanol–water partition coefficient (Wildman–Crippen LogP) is 2.88. The van der Waals surface area contributed by atoms with Gasteiger partial charge in [-0.2, -0.15) is 0 Å². The highest BCUT2D eigenvalue weighted by molar-refractivity contribution is 5.83. The van der Waals surface area contributed by atoms with E-state index in [-0.39, 0.29) is 49.2 Å². The van der Waals surface area contributed by atoms with Gasteiger partial charge in [-0.3, -0.25) is 9.59 Å². The number of nitrogens with zero attached hydrogens (tertiary/aromatic N) is 4. The molecular formula is C36H38N8O7. The van der Waals surface area contributed by atoms with Crippen LogP contribution in [0.25, 0.3) is 0 Å². The largest absolute Gasteiger partial charge is 0.453 e. The van der Waals surface area contributed by atoms with Gasteiger partial charge in [0.25, 0.3) is 0 Å². The van der Waals surface area contributed by atoms with Gasteiger partial charge in [-0.05, 0) is 62.5 Å². The van der Waals surface area contributed by atoms with Gasteiger partial charge in [-0.1, -0.05) is 11.8 Å². The number of carbonyl (C=O) groups is 4. The fourth-order valence-electron chi connectivity index (χ4n) is 7.36. The summed E-state index contributed by atoms with van der Waals surface area (Å²) in [4.78, 5) is 67.4. The highest BCUT2D eigenvalue weighted by Gasteiger charge is 2.41. The lowest BCUT2D eigenvalue weighted by Gasteiger charge is -2.23. The maximum absolute atomic E-state index is 12.8. The summed E-state index contributed by atoms with van der Waals surface area (Å²) in [5, 5.41) is 4.89. The number of likely N-dealkylation sites (tertiary alicyclic amines) is 2. The molecule has 2 bridgehead atoms. The van der Waals surface area contributed by atoms with Crippen LogP contribution >= 0.6 is 0 Å². The van der Waals surface area contributed by atoms with Gasteiger partial charge in [0.05, 0.1) is 50.9 Å². The van der Waals surface area contributed by atoms with Gasteiger partial charge in [-0.15, -0.1) is 0 Å². The number of benzene rings is 1. The molecule has 0 aliphatic carbocycles. The number of ether oxygens (including phenoxy) is 3.